The molecule has 3 heteroatoms. The van der Waals surface area contributed by atoms with E-state index in [-0.39, 0.29) is 5.91 Å². The fourth-order valence-electron chi connectivity index (χ4n) is 3.94. The number of rotatable bonds is 3. The van der Waals surface area contributed by atoms with Gasteiger partial charge in [-0.05, 0) is 67.6 Å². The molecule has 1 amide bonds. The van der Waals surface area contributed by atoms with Crippen LogP contribution in [0.4, 0.5) is 5.69 Å². The van der Waals surface area contributed by atoms with E-state index < -0.39 is 0 Å². The lowest BCUT2D eigenvalue weighted by Crippen LogP contribution is -2.32. The average molecular weight is 334 g/mol. The Labute approximate surface area is 150 Å². The van der Waals surface area contributed by atoms with E-state index in [1.807, 2.05) is 35.2 Å². The SMILES string of the molecule is CC1CCN(Cc2ccc(C(=O)N3CCc4ccccc43)cc2)CC1. The molecule has 130 valence electrons. The molecule has 0 saturated carbocycles. The molecule has 0 aromatic heterocycles. The van der Waals surface area contributed by atoms with E-state index >= 15 is 0 Å². The van der Waals surface area contributed by atoms with Gasteiger partial charge in [0.15, 0.2) is 0 Å². The fraction of sp³-hybridized carbons (Fsp3) is 0.409. The van der Waals surface area contributed by atoms with Crippen LogP contribution < -0.4 is 4.90 Å². The standard InChI is InChI=1S/C22H26N2O/c1-17-10-13-23(14-11-17)16-18-6-8-20(9-7-18)22(25)24-15-12-19-4-2-3-5-21(19)24/h2-9,17H,10-16H2,1H3. The monoisotopic (exact) mass is 334 g/mol. The first-order valence-corrected chi connectivity index (χ1v) is 9.42. The van der Waals surface area contributed by atoms with Gasteiger partial charge in [-0.2, -0.15) is 0 Å². The van der Waals surface area contributed by atoms with Crippen molar-refractivity contribution in [1.82, 2.24) is 4.90 Å². The summed E-state index contributed by atoms with van der Waals surface area (Å²) in [5.41, 5.74) is 4.42. The maximum Gasteiger partial charge on any atom is 0.258 e. The van der Waals surface area contributed by atoms with Crippen LogP contribution >= 0.6 is 0 Å². The van der Waals surface area contributed by atoms with Gasteiger partial charge in [0, 0.05) is 24.3 Å². The third kappa shape index (κ3) is 3.47. The number of carbonyl (C=O) groups excluding carboxylic acids is 1. The van der Waals surface area contributed by atoms with Crippen molar-refractivity contribution in [2.24, 2.45) is 5.92 Å². The number of anilines is 1. The number of nitrogens with zero attached hydrogens (tertiary/aromatic N) is 2. The summed E-state index contributed by atoms with van der Waals surface area (Å²) in [7, 11) is 0. The molecule has 2 aliphatic rings. The molecule has 2 aromatic carbocycles. The van der Waals surface area contributed by atoms with Crippen molar-refractivity contribution in [1.29, 1.82) is 0 Å². The average Bonchev–Trinajstić information content (AvgIpc) is 3.08. The first kappa shape index (κ1) is 16.3. The van der Waals surface area contributed by atoms with Crippen molar-refractivity contribution in [3.05, 3.63) is 65.2 Å². The van der Waals surface area contributed by atoms with Gasteiger partial charge >= 0.3 is 0 Å². The van der Waals surface area contributed by atoms with Gasteiger partial charge in [0.1, 0.15) is 0 Å². The Hall–Kier alpha value is -2.13. The van der Waals surface area contributed by atoms with Crippen LogP contribution in [0.15, 0.2) is 48.5 Å². The van der Waals surface area contributed by atoms with Gasteiger partial charge in [-0.1, -0.05) is 37.3 Å². The molecule has 0 bridgehead atoms. The number of piperidine rings is 1. The lowest BCUT2D eigenvalue weighted by atomic mass is 9.99. The Bertz CT molecular complexity index is 745. The van der Waals surface area contributed by atoms with Crippen LogP contribution in [0.2, 0.25) is 0 Å². The van der Waals surface area contributed by atoms with Crippen LogP contribution in [-0.2, 0) is 13.0 Å². The Kier molecular flexibility index (Phi) is 4.58. The molecular weight excluding hydrogens is 308 g/mol. The minimum atomic E-state index is 0.114. The number of hydrogen-bond acceptors (Lipinski definition) is 2. The molecule has 2 heterocycles. The number of fused-ring (bicyclic) bond motifs is 1. The quantitative estimate of drug-likeness (QED) is 0.843. The molecule has 1 fully saturated rings. The molecule has 0 radical (unpaired) electrons. The molecule has 3 nitrogen and oxygen atoms in total. The summed E-state index contributed by atoms with van der Waals surface area (Å²) >= 11 is 0. The summed E-state index contributed by atoms with van der Waals surface area (Å²) < 4.78 is 0. The van der Waals surface area contributed by atoms with Crippen LogP contribution in [0.25, 0.3) is 0 Å². The van der Waals surface area contributed by atoms with E-state index in [2.05, 4.69) is 30.0 Å². The van der Waals surface area contributed by atoms with Crippen molar-refractivity contribution < 1.29 is 4.79 Å². The topological polar surface area (TPSA) is 23.6 Å². The van der Waals surface area contributed by atoms with Crippen LogP contribution in [0.3, 0.4) is 0 Å². The summed E-state index contributed by atoms with van der Waals surface area (Å²) in [6.07, 6.45) is 3.54. The van der Waals surface area contributed by atoms with Gasteiger partial charge in [0.2, 0.25) is 0 Å². The van der Waals surface area contributed by atoms with Crippen LogP contribution in [0, 0.1) is 5.92 Å². The van der Waals surface area contributed by atoms with Crippen molar-refractivity contribution in [3.8, 4) is 0 Å². The van der Waals surface area contributed by atoms with Crippen LogP contribution in [0.5, 0.6) is 0 Å². The maximum absolute atomic E-state index is 12.9. The number of amides is 1. The highest BCUT2D eigenvalue weighted by molar-refractivity contribution is 6.07. The minimum absolute atomic E-state index is 0.114. The number of para-hydroxylation sites is 1. The second-order valence-electron chi connectivity index (χ2n) is 7.49. The molecule has 0 atom stereocenters. The first-order chi connectivity index (χ1) is 12.2. The number of likely N-dealkylation sites (tertiary alicyclic amines) is 1. The zero-order valence-corrected chi connectivity index (χ0v) is 14.9. The predicted octanol–water partition coefficient (Wildman–Crippen LogP) is 4.12. The van der Waals surface area contributed by atoms with Gasteiger partial charge < -0.3 is 4.90 Å². The van der Waals surface area contributed by atoms with Crippen molar-refractivity contribution in [2.45, 2.75) is 32.7 Å². The molecule has 0 spiro atoms. The maximum atomic E-state index is 12.9. The Morgan fingerprint density at radius 2 is 1.72 bits per heavy atom. The second-order valence-corrected chi connectivity index (χ2v) is 7.49. The van der Waals surface area contributed by atoms with Crippen LogP contribution in [0.1, 0.15) is 41.3 Å². The van der Waals surface area contributed by atoms with Gasteiger partial charge in [-0.25, -0.2) is 0 Å². The van der Waals surface area contributed by atoms with E-state index in [9.17, 15) is 4.79 Å². The Balaban J connectivity index is 1.43. The van der Waals surface area contributed by atoms with Crippen molar-refractivity contribution >= 4 is 11.6 Å². The van der Waals surface area contributed by atoms with Gasteiger partial charge in [0.25, 0.3) is 5.91 Å². The molecule has 2 aromatic rings. The minimum Gasteiger partial charge on any atom is -0.308 e. The molecule has 1 saturated heterocycles. The Morgan fingerprint density at radius 1 is 1.00 bits per heavy atom. The van der Waals surface area contributed by atoms with Crippen molar-refractivity contribution in [3.63, 3.8) is 0 Å². The van der Waals surface area contributed by atoms with E-state index in [1.54, 1.807) is 0 Å². The number of carbonyl (C=O) groups is 1. The molecule has 0 unspecified atom stereocenters. The highest BCUT2D eigenvalue weighted by atomic mass is 16.2. The first-order valence-electron chi connectivity index (χ1n) is 9.42. The summed E-state index contributed by atoms with van der Waals surface area (Å²) in [6.45, 7) is 6.49. The lowest BCUT2D eigenvalue weighted by molar-refractivity contribution is 0.0989. The van der Waals surface area contributed by atoms with E-state index in [0.29, 0.717) is 0 Å². The second kappa shape index (κ2) is 7.01. The predicted molar refractivity (Wildman–Crippen MR) is 102 cm³/mol. The van der Waals surface area contributed by atoms with E-state index in [1.165, 1.54) is 37.1 Å². The number of benzene rings is 2. The largest absolute Gasteiger partial charge is 0.308 e. The lowest BCUT2D eigenvalue weighted by Gasteiger charge is -2.30. The normalized spacial score (nSPS) is 18.4. The number of hydrogen-bond donors (Lipinski definition) is 0. The van der Waals surface area contributed by atoms with E-state index in [0.717, 1.165) is 36.7 Å². The highest BCUT2D eigenvalue weighted by Crippen LogP contribution is 2.29. The van der Waals surface area contributed by atoms with Gasteiger partial charge in [-0.15, -0.1) is 0 Å². The molecular formula is C22H26N2O. The highest BCUT2D eigenvalue weighted by Gasteiger charge is 2.25. The summed E-state index contributed by atoms with van der Waals surface area (Å²) in [6, 6.07) is 16.4. The third-order valence-electron chi connectivity index (χ3n) is 5.62. The third-order valence-corrected chi connectivity index (χ3v) is 5.62. The van der Waals surface area contributed by atoms with E-state index in [4.69, 9.17) is 0 Å². The van der Waals surface area contributed by atoms with Gasteiger partial charge in [-0.3, -0.25) is 9.69 Å². The molecule has 25 heavy (non-hydrogen) atoms. The molecule has 2 aliphatic heterocycles. The zero-order valence-electron chi connectivity index (χ0n) is 14.9. The van der Waals surface area contributed by atoms with Crippen LogP contribution in [-0.4, -0.2) is 30.4 Å². The molecule has 4 rings (SSSR count). The smallest absolute Gasteiger partial charge is 0.258 e. The van der Waals surface area contributed by atoms with Gasteiger partial charge in [0.05, 0.1) is 0 Å². The fourth-order valence-corrected chi connectivity index (χ4v) is 3.94. The summed E-state index contributed by atoms with van der Waals surface area (Å²) in [5, 5.41) is 0. The zero-order chi connectivity index (χ0) is 17.2. The Morgan fingerprint density at radius 3 is 2.48 bits per heavy atom. The molecule has 0 N–H and O–H groups in total. The molecule has 0 aliphatic carbocycles. The van der Waals surface area contributed by atoms with Crippen molar-refractivity contribution in [2.75, 3.05) is 24.5 Å². The summed E-state index contributed by atoms with van der Waals surface area (Å²) in [4.78, 5) is 17.3. The summed E-state index contributed by atoms with van der Waals surface area (Å²) in [5.74, 6) is 0.975.